The van der Waals surface area contributed by atoms with Crippen LogP contribution in [0, 0.1) is 12.0 Å². The monoisotopic (exact) mass is 176 g/mol. The Kier molecular flexibility index (Phi) is 6.08. The van der Waals surface area contributed by atoms with E-state index in [1.807, 2.05) is 13.8 Å². The van der Waals surface area contributed by atoms with Crippen LogP contribution in [0.4, 0.5) is 0 Å². The predicted octanol–water partition coefficient (Wildman–Crippen LogP) is 0.903. The third-order valence-corrected chi connectivity index (χ3v) is 1.23. The van der Waals surface area contributed by atoms with Crippen molar-refractivity contribution in [1.82, 2.24) is 5.01 Å². The molecule has 0 saturated carbocycles. The Labute approximate surface area is 71.9 Å². The van der Waals surface area contributed by atoms with Crippen LogP contribution < -0.4 is 0 Å². The van der Waals surface area contributed by atoms with E-state index >= 15 is 0 Å². The number of hydrogen-bond donors (Lipinski definition) is 0. The van der Waals surface area contributed by atoms with Crippen LogP contribution in [0.2, 0.25) is 0 Å². The molecule has 0 aliphatic rings. The van der Waals surface area contributed by atoms with E-state index in [0.29, 0.717) is 18.1 Å². The van der Waals surface area contributed by atoms with Crippen LogP contribution in [-0.4, -0.2) is 30.2 Å². The first-order valence-corrected chi connectivity index (χ1v) is 3.69. The van der Waals surface area contributed by atoms with Gasteiger partial charge in [-0.05, 0) is 13.8 Å². The van der Waals surface area contributed by atoms with Gasteiger partial charge in [-0.25, -0.2) is 0 Å². The zero-order chi connectivity index (χ0) is 9.40. The van der Waals surface area contributed by atoms with Crippen LogP contribution in [0.25, 0.3) is 0 Å². The number of hydrogen-bond acceptors (Lipinski definition) is 4. The van der Waals surface area contributed by atoms with Gasteiger partial charge in [0.1, 0.15) is 0 Å². The van der Waals surface area contributed by atoms with Gasteiger partial charge in [0.25, 0.3) is 6.79 Å². The molecule has 6 nitrogen and oxygen atoms in total. The second kappa shape index (κ2) is 6.66. The van der Waals surface area contributed by atoms with Crippen molar-refractivity contribution in [2.75, 3.05) is 20.2 Å². The number of rotatable bonds is 6. The molecule has 0 aliphatic carbocycles. The summed E-state index contributed by atoms with van der Waals surface area (Å²) in [6.45, 7) is 5.84. The lowest BCUT2D eigenvalue weighted by Gasteiger charge is -2.12. The van der Waals surface area contributed by atoms with Crippen molar-refractivity contribution in [1.29, 1.82) is 0 Å². The minimum absolute atomic E-state index is 0.384. The summed E-state index contributed by atoms with van der Waals surface area (Å²) in [5.41, 5.74) is 0. The Morgan fingerprint density at radius 1 is 1.50 bits per heavy atom. The second-order valence-corrected chi connectivity index (χ2v) is 1.91. The Hall–Kier alpha value is -1.04. The summed E-state index contributed by atoms with van der Waals surface area (Å²) >= 11 is 0. The molecule has 0 spiro atoms. The van der Waals surface area contributed by atoms with Gasteiger partial charge in [0, 0.05) is 7.11 Å². The van der Waals surface area contributed by atoms with E-state index in [9.17, 15) is 5.21 Å². The van der Waals surface area contributed by atoms with Crippen LogP contribution in [-0.2, 0) is 9.57 Å². The number of methoxy groups -OCH3 is 1. The van der Waals surface area contributed by atoms with Gasteiger partial charge in [0.2, 0.25) is 5.28 Å². The van der Waals surface area contributed by atoms with Crippen molar-refractivity contribution in [2.24, 2.45) is 5.28 Å². The summed E-state index contributed by atoms with van der Waals surface area (Å²) in [5.74, 6) is 0. The highest BCUT2D eigenvalue weighted by atomic mass is 16.8. The molecular weight excluding hydrogens is 162 g/mol. The van der Waals surface area contributed by atoms with E-state index in [4.69, 9.17) is 0 Å². The third-order valence-electron chi connectivity index (χ3n) is 1.23. The van der Waals surface area contributed by atoms with Crippen molar-refractivity contribution < 1.29 is 14.5 Å². The number of hydrazine groups is 1. The zero-order valence-corrected chi connectivity index (χ0v) is 7.56. The van der Waals surface area contributed by atoms with Gasteiger partial charge >= 0.3 is 0 Å². The average Bonchev–Trinajstić information content (AvgIpc) is 2.07. The first kappa shape index (κ1) is 11.0. The first-order valence-electron chi connectivity index (χ1n) is 3.69. The fourth-order valence-electron chi connectivity index (χ4n) is 0.620. The van der Waals surface area contributed by atoms with Gasteiger partial charge in [-0.3, -0.25) is 0 Å². The highest BCUT2D eigenvalue weighted by Gasteiger charge is 2.06. The highest BCUT2D eigenvalue weighted by Crippen LogP contribution is 1.91. The molecule has 0 bridgehead atoms. The Morgan fingerprint density at radius 2 is 2.08 bits per heavy atom. The normalized spacial score (nSPS) is 11.4. The minimum Gasteiger partial charge on any atom is -0.569 e. The van der Waals surface area contributed by atoms with Gasteiger partial charge in [0.05, 0.1) is 18.1 Å². The molecule has 0 heterocycles. The molecule has 12 heavy (non-hydrogen) atoms. The summed E-state index contributed by atoms with van der Waals surface area (Å²) in [5, 5.41) is 15.6. The zero-order valence-electron chi connectivity index (χ0n) is 7.56. The fourth-order valence-corrected chi connectivity index (χ4v) is 0.620. The topological polar surface area (TPSA) is 60.1 Å². The average molecular weight is 176 g/mol. The SMILES string of the molecule is CCN(CC)[N+]([O-])=NO[CH]OC. The maximum Gasteiger partial charge on any atom is 0.298 e. The van der Waals surface area contributed by atoms with Crippen LogP contribution in [0.3, 0.4) is 0 Å². The summed E-state index contributed by atoms with van der Waals surface area (Å²) < 4.78 is 4.41. The van der Waals surface area contributed by atoms with Gasteiger partial charge in [-0.2, -0.15) is 0 Å². The Balaban J connectivity index is 3.79. The Morgan fingerprint density at radius 3 is 2.50 bits per heavy atom. The molecule has 0 unspecified atom stereocenters. The van der Waals surface area contributed by atoms with Crippen molar-refractivity contribution in [3.63, 3.8) is 0 Å². The summed E-state index contributed by atoms with van der Waals surface area (Å²) in [7, 11) is 1.40. The highest BCUT2D eigenvalue weighted by molar-refractivity contribution is 4.29. The minimum atomic E-state index is 0.384. The second-order valence-electron chi connectivity index (χ2n) is 1.91. The molecule has 0 fully saturated rings. The van der Waals surface area contributed by atoms with Gasteiger partial charge in [-0.15, -0.1) is 5.01 Å². The van der Waals surface area contributed by atoms with Crippen LogP contribution >= 0.6 is 0 Å². The standard InChI is InChI=1S/C6H14N3O3/c1-4-8(5-2)9(10)7-12-6-11-3/h6H,4-5H2,1-3H3. The summed E-state index contributed by atoms with van der Waals surface area (Å²) in [6, 6.07) is 0. The molecule has 1 radical (unpaired) electrons. The van der Waals surface area contributed by atoms with E-state index in [2.05, 4.69) is 14.9 Å². The van der Waals surface area contributed by atoms with Gasteiger partial charge < -0.3 is 14.8 Å². The molecule has 0 aromatic carbocycles. The molecule has 0 aromatic heterocycles. The lowest BCUT2D eigenvalue weighted by molar-refractivity contribution is -0.709. The molecule has 0 aliphatic heterocycles. The largest absolute Gasteiger partial charge is 0.569 e. The van der Waals surface area contributed by atoms with Gasteiger partial charge in [-0.1, -0.05) is 0 Å². The van der Waals surface area contributed by atoms with E-state index in [1.165, 1.54) is 12.1 Å². The lowest BCUT2D eigenvalue weighted by Crippen LogP contribution is -2.30. The maximum atomic E-state index is 11.0. The van der Waals surface area contributed by atoms with E-state index in [1.54, 1.807) is 0 Å². The van der Waals surface area contributed by atoms with Crippen molar-refractivity contribution in [3.05, 3.63) is 12.0 Å². The molecule has 0 N–H and O–H groups in total. The number of ether oxygens (including phenoxy) is 1. The molecule has 6 heteroatoms. The molecule has 0 amide bonds. The quantitative estimate of drug-likeness (QED) is 0.261. The lowest BCUT2D eigenvalue weighted by atomic mass is 10.6. The maximum absolute atomic E-state index is 11.0. The molecular formula is C6H14N3O3. The summed E-state index contributed by atoms with van der Waals surface area (Å²) in [4.78, 5) is 4.76. The van der Waals surface area contributed by atoms with Crippen LogP contribution in [0.5, 0.6) is 0 Å². The van der Waals surface area contributed by atoms with E-state index in [0.717, 1.165) is 6.79 Å². The van der Waals surface area contributed by atoms with Crippen LogP contribution in [0.1, 0.15) is 13.8 Å². The molecule has 0 saturated heterocycles. The molecule has 0 rings (SSSR count). The number of nitrogens with zero attached hydrogens (tertiary/aromatic N) is 3. The summed E-state index contributed by atoms with van der Waals surface area (Å²) in [6.07, 6.45) is 0. The van der Waals surface area contributed by atoms with Gasteiger partial charge in [0.15, 0.2) is 0 Å². The third kappa shape index (κ3) is 3.97. The fraction of sp³-hybridized carbons (Fsp3) is 0.833. The molecule has 0 atom stereocenters. The smallest absolute Gasteiger partial charge is 0.298 e. The van der Waals surface area contributed by atoms with Crippen molar-refractivity contribution in [2.45, 2.75) is 13.8 Å². The van der Waals surface area contributed by atoms with E-state index < -0.39 is 0 Å². The van der Waals surface area contributed by atoms with Crippen LogP contribution in [0.15, 0.2) is 5.28 Å². The van der Waals surface area contributed by atoms with Crippen molar-refractivity contribution in [3.8, 4) is 0 Å². The Bertz CT molecular complexity index is 136. The first-order chi connectivity index (χ1) is 5.76. The molecule has 71 valence electrons. The predicted molar refractivity (Wildman–Crippen MR) is 41.4 cm³/mol. The van der Waals surface area contributed by atoms with Crippen molar-refractivity contribution >= 4 is 0 Å². The molecule has 0 aromatic rings. The van der Waals surface area contributed by atoms with E-state index in [-0.39, 0.29) is 0 Å².